The summed E-state index contributed by atoms with van der Waals surface area (Å²) in [5.74, 6) is -0.205. The Balaban J connectivity index is 1.63. The highest BCUT2D eigenvalue weighted by atomic mass is 35.5. The van der Waals surface area contributed by atoms with E-state index in [1.54, 1.807) is 37.3 Å². The Kier molecular flexibility index (Phi) is 8.95. The molecule has 2 aliphatic rings. The number of halogens is 2. The van der Waals surface area contributed by atoms with Gasteiger partial charge in [-0.05, 0) is 56.5 Å². The fourth-order valence-corrected chi connectivity index (χ4v) is 6.09. The fourth-order valence-electron chi connectivity index (χ4n) is 4.57. The summed E-state index contributed by atoms with van der Waals surface area (Å²) in [4.78, 5) is 28.3. The van der Waals surface area contributed by atoms with Crippen molar-refractivity contribution in [3.8, 4) is 11.5 Å². The van der Waals surface area contributed by atoms with Crippen molar-refractivity contribution in [2.24, 2.45) is 0 Å². The molecule has 2 amide bonds. The topological polar surface area (TPSA) is 105 Å². The molecule has 1 saturated carbocycles. The molecule has 0 radical (unpaired) electrons. The van der Waals surface area contributed by atoms with Crippen LogP contribution in [0.4, 0.5) is 5.69 Å². The summed E-state index contributed by atoms with van der Waals surface area (Å²) in [6, 6.07) is 8.77. The lowest BCUT2D eigenvalue weighted by atomic mass is 10.1. The summed E-state index contributed by atoms with van der Waals surface area (Å²) in [6.07, 6.45) is 3.87. The van der Waals surface area contributed by atoms with Gasteiger partial charge in [0.25, 0.3) is 0 Å². The van der Waals surface area contributed by atoms with Gasteiger partial charge in [0, 0.05) is 28.7 Å². The quantitative estimate of drug-likeness (QED) is 0.445. The van der Waals surface area contributed by atoms with E-state index in [1.165, 1.54) is 17.9 Å². The third-order valence-electron chi connectivity index (χ3n) is 6.85. The number of sulfonamides is 1. The number of carbonyl (C=O) groups is 2. The van der Waals surface area contributed by atoms with Crippen LogP contribution < -0.4 is 19.1 Å². The van der Waals surface area contributed by atoms with Crippen molar-refractivity contribution in [2.45, 2.75) is 58.2 Å². The Hall–Kier alpha value is -2.69. The lowest BCUT2D eigenvalue weighted by molar-refractivity contribution is -0.139. The van der Waals surface area contributed by atoms with Crippen molar-refractivity contribution < 1.29 is 27.5 Å². The van der Waals surface area contributed by atoms with Crippen molar-refractivity contribution in [1.29, 1.82) is 0 Å². The maximum atomic E-state index is 13.8. The van der Waals surface area contributed by atoms with Gasteiger partial charge in [-0.3, -0.25) is 13.9 Å². The molecular weight excluding hydrogens is 553 g/mol. The molecule has 0 bridgehead atoms. The Morgan fingerprint density at radius 2 is 1.79 bits per heavy atom. The van der Waals surface area contributed by atoms with E-state index in [2.05, 4.69) is 5.32 Å². The van der Waals surface area contributed by atoms with Crippen LogP contribution in [0.5, 0.6) is 11.5 Å². The predicted molar refractivity (Wildman–Crippen MR) is 146 cm³/mol. The summed E-state index contributed by atoms with van der Waals surface area (Å²) in [7, 11) is -3.87. The maximum absolute atomic E-state index is 13.8. The van der Waals surface area contributed by atoms with Crippen molar-refractivity contribution in [3.05, 3.63) is 52.0 Å². The first-order valence-electron chi connectivity index (χ1n) is 12.5. The van der Waals surface area contributed by atoms with E-state index in [4.69, 9.17) is 32.7 Å². The Morgan fingerprint density at radius 1 is 1.08 bits per heavy atom. The highest BCUT2D eigenvalue weighted by molar-refractivity contribution is 7.92. The van der Waals surface area contributed by atoms with Gasteiger partial charge in [0.2, 0.25) is 28.6 Å². The molecule has 38 heavy (non-hydrogen) atoms. The molecule has 1 unspecified atom stereocenters. The number of fused-ring (bicyclic) bond motifs is 1. The summed E-state index contributed by atoms with van der Waals surface area (Å²) in [6.45, 7) is 2.65. The number of nitrogens with one attached hydrogen (secondary N) is 1. The molecule has 12 heteroatoms. The van der Waals surface area contributed by atoms with Crippen molar-refractivity contribution in [2.75, 3.05) is 23.4 Å². The predicted octanol–water partition coefficient (Wildman–Crippen LogP) is 4.35. The minimum Gasteiger partial charge on any atom is -0.454 e. The Labute approximate surface area is 233 Å². The summed E-state index contributed by atoms with van der Waals surface area (Å²) < 4.78 is 38.0. The van der Waals surface area contributed by atoms with Gasteiger partial charge in [-0.25, -0.2) is 8.42 Å². The first-order valence-corrected chi connectivity index (χ1v) is 14.9. The fraction of sp³-hybridized carbons (Fsp3) is 0.462. The molecule has 1 N–H and O–H groups in total. The SMILES string of the molecule is CCS(=O)(=O)N(CC(=O)N(Cc1ccc(Cl)cc1Cl)C(C)C(=O)NC1CCCC1)c1ccc2c(c1)OCO2. The zero-order valence-corrected chi connectivity index (χ0v) is 23.6. The van der Waals surface area contributed by atoms with Gasteiger partial charge in [0.1, 0.15) is 12.6 Å². The third-order valence-corrected chi connectivity index (χ3v) is 9.18. The number of amides is 2. The number of anilines is 1. The molecule has 9 nitrogen and oxygen atoms in total. The van der Waals surface area contributed by atoms with Gasteiger partial charge in [-0.15, -0.1) is 0 Å². The molecule has 1 aliphatic carbocycles. The highest BCUT2D eigenvalue weighted by Gasteiger charge is 2.33. The van der Waals surface area contributed by atoms with E-state index >= 15 is 0 Å². The second-order valence-corrected chi connectivity index (χ2v) is 12.4. The van der Waals surface area contributed by atoms with Gasteiger partial charge in [-0.1, -0.05) is 42.1 Å². The van der Waals surface area contributed by atoms with Crippen molar-refractivity contribution in [1.82, 2.24) is 10.2 Å². The van der Waals surface area contributed by atoms with E-state index in [0.29, 0.717) is 27.1 Å². The van der Waals surface area contributed by atoms with Crippen LogP contribution in [-0.4, -0.2) is 56.3 Å². The molecule has 0 spiro atoms. The Bertz CT molecular complexity index is 1300. The van der Waals surface area contributed by atoms with E-state index in [0.717, 1.165) is 30.0 Å². The number of benzene rings is 2. The first kappa shape index (κ1) is 28.3. The molecule has 1 aliphatic heterocycles. The largest absolute Gasteiger partial charge is 0.454 e. The molecule has 1 heterocycles. The molecule has 0 aromatic heterocycles. The zero-order chi connectivity index (χ0) is 27.4. The third kappa shape index (κ3) is 6.47. The van der Waals surface area contributed by atoms with E-state index < -0.39 is 28.5 Å². The van der Waals surface area contributed by atoms with Crippen LogP contribution in [0, 0.1) is 0 Å². The normalized spacial score (nSPS) is 15.8. The molecule has 0 saturated heterocycles. The van der Waals surface area contributed by atoms with Crippen molar-refractivity contribution >= 4 is 50.7 Å². The maximum Gasteiger partial charge on any atom is 0.244 e. The average Bonchev–Trinajstić information content (AvgIpc) is 3.57. The molecule has 2 aromatic rings. The lowest BCUT2D eigenvalue weighted by Crippen LogP contribution is -2.52. The van der Waals surface area contributed by atoms with Crippen LogP contribution in [0.15, 0.2) is 36.4 Å². The summed E-state index contributed by atoms with van der Waals surface area (Å²) >= 11 is 12.4. The number of rotatable bonds is 10. The molecule has 206 valence electrons. The number of nitrogens with zero attached hydrogens (tertiary/aromatic N) is 2. The van der Waals surface area contributed by atoms with Crippen LogP contribution in [0.2, 0.25) is 10.0 Å². The van der Waals surface area contributed by atoms with Gasteiger partial charge in [0.15, 0.2) is 11.5 Å². The van der Waals surface area contributed by atoms with Crippen LogP contribution >= 0.6 is 23.2 Å². The summed E-state index contributed by atoms with van der Waals surface area (Å²) in [5.41, 5.74) is 0.842. The van der Waals surface area contributed by atoms with Crippen LogP contribution in [-0.2, 0) is 26.2 Å². The highest BCUT2D eigenvalue weighted by Crippen LogP contribution is 2.36. The van der Waals surface area contributed by atoms with Gasteiger partial charge in [-0.2, -0.15) is 0 Å². The summed E-state index contributed by atoms with van der Waals surface area (Å²) in [5, 5.41) is 3.81. The standard InChI is InChI=1S/C26H31Cl2N3O6S/c1-3-38(34,35)31(21-10-11-23-24(13-21)37-16-36-23)15-25(32)30(14-18-8-9-19(27)12-22(18)28)17(2)26(33)29-20-6-4-5-7-20/h8-13,17,20H,3-7,14-16H2,1-2H3,(H,29,33). The first-order chi connectivity index (χ1) is 18.1. The molecule has 1 atom stereocenters. The number of hydrogen-bond donors (Lipinski definition) is 1. The van der Waals surface area contributed by atoms with Crippen LogP contribution in [0.1, 0.15) is 45.1 Å². The zero-order valence-electron chi connectivity index (χ0n) is 21.3. The second kappa shape index (κ2) is 12.0. The average molecular weight is 585 g/mol. The minimum atomic E-state index is -3.87. The molecule has 4 rings (SSSR count). The van der Waals surface area contributed by atoms with Gasteiger partial charge >= 0.3 is 0 Å². The van der Waals surface area contributed by atoms with E-state index in [9.17, 15) is 18.0 Å². The van der Waals surface area contributed by atoms with Gasteiger partial charge < -0.3 is 19.7 Å². The minimum absolute atomic E-state index is 0.00472. The number of carbonyl (C=O) groups excluding carboxylic acids is 2. The smallest absolute Gasteiger partial charge is 0.244 e. The lowest BCUT2D eigenvalue weighted by Gasteiger charge is -2.32. The van der Waals surface area contributed by atoms with Crippen LogP contribution in [0.3, 0.4) is 0 Å². The van der Waals surface area contributed by atoms with Gasteiger partial charge in [0.05, 0.1) is 11.4 Å². The molecular formula is C26H31Cl2N3O6S. The second-order valence-electron chi connectivity index (χ2n) is 9.37. The van der Waals surface area contributed by atoms with Crippen molar-refractivity contribution in [3.63, 3.8) is 0 Å². The molecule has 1 fully saturated rings. The number of ether oxygens (including phenoxy) is 2. The van der Waals surface area contributed by atoms with E-state index in [-0.39, 0.29) is 36.7 Å². The molecule has 2 aromatic carbocycles. The monoisotopic (exact) mass is 583 g/mol. The Morgan fingerprint density at radius 3 is 2.47 bits per heavy atom. The number of hydrogen-bond acceptors (Lipinski definition) is 6. The van der Waals surface area contributed by atoms with E-state index in [1.807, 2.05) is 0 Å². The van der Waals surface area contributed by atoms with Crippen LogP contribution in [0.25, 0.3) is 0 Å².